The lowest BCUT2D eigenvalue weighted by Gasteiger charge is -2.45. The van der Waals surface area contributed by atoms with Gasteiger partial charge < -0.3 is 5.11 Å². The number of benzene rings is 1. The number of rotatable bonds is 3. The van der Waals surface area contributed by atoms with E-state index in [1.807, 2.05) is 18.2 Å². The highest BCUT2D eigenvalue weighted by atomic mass is 35.5. The largest absolute Gasteiger partial charge is 0.389 e. The van der Waals surface area contributed by atoms with Gasteiger partial charge in [-0.15, -0.1) is 0 Å². The van der Waals surface area contributed by atoms with Crippen molar-refractivity contribution in [2.45, 2.75) is 52.1 Å². The zero-order valence-corrected chi connectivity index (χ0v) is 14.0. The smallest absolute Gasteiger partial charge is 0.0720 e. The number of hydrogen-bond donors (Lipinski definition) is 1. The van der Waals surface area contributed by atoms with Crippen LogP contribution in [0.1, 0.15) is 45.6 Å². The van der Waals surface area contributed by atoms with Gasteiger partial charge >= 0.3 is 0 Å². The van der Waals surface area contributed by atoms with Gasteiger partial charge in [-0.25, -0.2) is 0 Å². The van der Waals surface area contributed by atoms with E-state index in [1.54, 1.807) is 0 Å². The molecular weight excluding hydrogens is 291 g/mol. The fourth-order valence-electron chi connectivity index (χ4n) is 3.75. The minimum Gasteiger partial charge on any atom is -0.389 e. The third-order valence-corrected chi connectivity index (χ3v) is 5.40. The van der Waals surface area contributed by atoms with Crippen LogP contribution in [-0.2, 0) is 6.42 Å². The maximum Gasteiger partial charge on any atom is 0.0720 e. The van der Waals surface area contributed by atoms with E-state index >= 15 is 0 Å². The van der Waals surface area contributed by atoms with Crippen molar-refractivity contribution < 1.29 is 5.11 Å². The quantitative estimate of drug-likeness (QED) is 0.796. The summed E-state index contributed by atoms with van der Waals surface area (Å²) in [6, 6.07) is 5.68. The van der Waals surface area contributed by atoms with Crippen LogP contribution in [-0.4, -0.2) is 10.7 Å². The second-order valence-electron chi connectivity index (χ2n) is 6.77. The summed E-state index contributed by atoms with van der Waals surface area (Å²) in [5.74, 6) is 1.43. The Balaban J connectivity index is 2.24. The van der Waals surface area contributed by atoms with Crippen molar-refractivity contribution in [2.24, 2.45) is 17.8 Å². The summed E-state index contributed by atoms with van der Waals surface area (Å²) in [4.78, 5) is 0. The van der Waals surface area contributed by atoms with E-state index in [-0.39, 0.29) is 0 Å². The Morgan fingerprint density at radius 2 is 1.95 bits per heavy atom. The second kappa shape index (κ2) is 6.25. The van der Waals surface area contributed by atoms with Crippen molar-refractivity contribution >= 4 is 23.2 Å². The molecule has 1 aromatic rings. The van der Waals surface area contributed by atoms with Crippen molar-refractivity contribution in [1.82, 2.24) is 0 Å². The van der Waals surface area contributed by atoms with Gasteiger partial charge in [0.1, 0.15) is 0 Å². The Kier molecular flexibility index (Phi) is 5.05. The minimum atomic E-state index is -0.622. The van der Waals surface area contributed by atoms with E-state index in [4.69, 9.17) is 23.2 Å². The van der Waals surface area contributed by atoms with E-state index in [0.717, 1.165) is 18.4 Å². The van der Waals surface area contributed by atoms with Crippen molar-refractivity contribution in [3.8, 4) is 0 Å². The molecular formula is C17H24Cl2O. The number of aliphatic hydroxyl groups is 1. The molecule has 3 heteroatoms. The zero-order valence-electron chi connectivity index (χ0n) is 12.5. The molecule has 3 atom stereocenters. The van der Waals surface area contributed by atoms with Crippen LogP contribution < -0.4 is 0 Å². The first kappa shape index (κ1) is 16.1. The fraction of sp³-hybridized carbons (Fsp3) is 0.647. The molecule has 3 unspecified atom stereocenters. The van der Waals surface area contributed by atoms with Gasteiger partial charge in [-0.2, -0.15) is 0 Å². The second-order valence-corrected chi connectivity index (χ2v) is 7.58. The topological polar surface area (TPSA) is 20.2 Å². The molecule has 0 aliphatic heterocycles. The standard InChI is InChI=1S/C17H24Cl2O/c1-11(2)14-6-4-12(3)9-17(14,20)10-13-5-7-15(18)16(19)8-13/h5,7-8,11-12,14,20H,4,6,9-10H2,1-3H3. The summed E-state index contributed by atoms with van der Waals surface area (Å²) >= 11 is 12.1. The zero-order chi connectivity index (χ0) is 14.9. The summed E-state index contributed by atoms with van der Waals surface area (Å²) in [5, 5.41) is 12.3. The third kappa shape index (κ3) is 3.50. The van der Waals surface area contributed by atoms with Crippen LogP contribution in [0.4, 0.5) is 0 Å². The summed E-state index contributed by atoms with van der Waals surface area (Å²) in [6.07, 6.45) is 3.86. The van der Waals surface area contributed by atoms with Crippen molar-refractivity contribution in [3.63, 3.8) is 0 Å². The molecule has 1 aliphatic carbocycles. The molecule has 0 bridgehead atoms. The average molecular weight is 315 g/mol. The summed E-state index contributed by atoms with van der Waals surface area (Å²) in [6.45, 7) is 6.65. The van der Waals surface area contributed by atoms with Crippen LogP contribution in [0.2, 0.25) is 10.0 Å². The first-order valence-electron chi connectivity index (χ1n) is 7.48. The van der Waals surface area contributed by atoms with E-state index in [2.05, 4.69) is 20.8 Å². The van der Waals surface area contributed by atoms with Gasteiger partial charge in [0, 0.05) is 6.42 Å². The maximum absolute atomic E-state index is 11.2. The van der Waals surface area contributed by atoms with Crippen molar-refractivity contribution in [2.75, 3.05) is 0 Å². The lowest BCUT2D eigenvalue weighted by atomic mass is 9.65. The normalized spacial score (nSPS) is 30.8. The monoisotopic (exact) mass is 314 g/mol. The molecule has 0 amide bonds. The van der Waals surface area contributed by atoms with E-state index < -0.39 is 5.60 Å². The molecule has 1 aromatic carbocycles. The molecule has 0 aromatic heterocycles. The van der Waals surface area contributed by atoms with Gasteiger partial charge in [-0.05, 0) is 48.3 Å². The summed E-state index contributed by atoms with van der Waals surface area (Å²) in [7, 11) is 0. The van der Waals surface area contributed by atoms with Crippen LogP contribution >= 0.6 is 23.2 Å². The molecule has 0 saturated heterocycles. The molecule has 0 radical (unpaired) electrons. The molecule has 20 heavy (non-hydrogen) atoms. The summed E-state index contributed by atoms with van der Waals surface area (Å²) in [5.41, 5.74) is 0.449. The molecule has 0 spiro atoms. The Labute approximate surface area is 132 Å². The Morgan fingerprint density at radius 1 is 1.25 bits per heavy atom. The highest BCUT2D eigenvalue weighted by Crippen LogP contribution is 2.43. The average Bonchev–Trinajstić information content (AvgIpc) is 2.32. The molecule has 2 rings (SSSR count). The predicted molar refractivity (Wildman–Crippen MR) is 86.5 cm³/mol. The molecule has 1 fully saturated rings. The predicted octanol–water partition coefficient (Wildman–Crippen LogP) is 5.36. The van der Waals surface area contributed by atoms with Crippen LogP contribution in [0, 0.1) is 17.8 Å². The Bertz CT molecular complexity index is 472. The van der Waals surface area contributed by atoms with E-state index in [9.17, 15) is 5.11 Å². The van der Waals surface area contributed by atoms with Gasteiger partial charge in [-0.1, -0.05) is 56.5 Å². The molecule has 0 heterocycles. The summed E-state index contributed by atoms with van der Waals surface area (Å²) < 4.78 is 0. The van der Waals surface area contributed by atoms with Crippen LogP contribution in [0.15, 0.2) is 18.2 Å². The van der Waals surface area contributed by atoms with Crippen molar-refractivity contribution in [1.29, 1.82) is 0 Å². The van der Waals surface area contributed by atoms with Gasteiger partial charge in [0.2, 0.25) is 0 Å². The Morgan fingerprint density at radius 3 is 2.55 bits per heavy atom. The van der Waals surface area contributed by atoms with Gasteiger partial charge in [-0.3, -0.25) is 0 Å². The van der Waals surface area contributed by atoms with Crippen LogP contribution in [0.3, 0.4) is 0 Å². The molecule has 112 valence electrons. The first-order valence-corrected chi connectivity index (χ1v) is 8.23. The van der Waals surface area contributed by atoms with Gasteiger partial charge in [0.15, 0.2) is 0 Å². The molecule has 1 nitrogen and oxygen atoms in total. The van der Waals surface area contributed by atoms with E-state index in [0.29, 0.717) is 34.2 Å². The van der Waals surface area contributed by atoms with Crippen molar-refractivity contribution in [3.05, 3.63) is 33.8 Å². The highest BCUT2D eigenvalue weighted by molar-refractivity contribution is 6.42. The fourth-order valence-corrected chi connectivity index (χ4v) is 4.07. The SMILES string of the molecule is CC1CCC(C(C)C)C(O)(Cc2ccc(Cl)c(Cl)c2)C1. The lowest BCUT2D eigenvalue weighted by Crippen LogP contribution is -2.47. The third-order valence-electron chi connectivity index (χ3n) is 4.66. The van der Waals surface area contributed by atoms with Crippen LogP contribution in [0.5, 0.6) is 0 Å². The van der Waals surface area contributed by atoms with E-state index in [1.165, 1.54) is 6.42 Å². The van der Waals surface area contributed by atoms with Gasteiger partial charge in [0.25, 0.3) is 0 Å². The minimum absolute atomic E-state index is 0.355. The molecule has 1 N–H and O–H groups in total. The molecule has 1 saturated carbocycles. The maximum atomic E-state index is 11.2. The Hall–Kier alpha value is -0.240. The highest BCUT2D eigenvalue weighted by Gasteiger charge is 2.42. The van der Waals surface area contributed by atoms with Crippen LogP contribution in [0.25, 0.3) is 0 Å². The molecule has 1 aliphatic rings. The first-order chi connectivity index (χ1) is 9.32. The number of halogens is 2. The number of hydrogen-bond acceptors (Lipinski definition) is 1. The lowest BCUT2D eigenvalue weighted by molar-refractivity contribution is -0.0795. The van der Waals surface area contributed by atoms with Gasteiger partial charge in [0.05, 0.1) is 15.6 Å².